The Balaban J connectivity index is 1.91. The Hall–Kier alpha value is -1.23. The van der Waals surface area contributed by atoms with E-state index < -0.39 is 0 Å². The zero-order chi connectivity index (χ0) is 12.1. The van der Waals surface area contributed by atoms with Crippen LogP contribution in [0.2, 0.25) is 0 Å². The van der Waals surface area contributed by atoms with Crippen molar-refractivity contribution in [2.75, 3.05) is 7.05 Å². The van der Waals surface area contributed by atoms with Crippen LogP contribution in [-0.2, 0) is 19.6 Å². The molecule has 2 rings (SSSR count). The minimum atomic E-state index is 0.527. The van der Waals surface area contributed by atoms with Crippen molar-refractivity contribution >= 4 is 11.3 Å². The highest BCUT2D eigenvalue weighted by molar-refractivity contribution is 7.09. The highest BCUT2D eigenvalue weighted by Crippen LogP contribution is 2.12. The molecule has 1 heterocycles. The molecule has 2 aromatic rings. The molecule has 1 aromatic carbocycles. The van der Waals surface area contributed by atoms with E-state index >= 15 is 0 Å². The molecule has 0 saturated carbocycles. The molecular formula is C13H17N3S. The lowest BCUT2D eigenvalue weighted by molar-refractivity contribution is 0.318. The van der Waals surface area contributed by atoms with Crippen LogP contribution in [-0.4, -0.2) is 16.9 Å². The molecule has 0 spiro atoms. The van der Waals surface area contributed by atoms with E-state index in [0.717, 1.165) is 23.8 Å². The van der Waals surface area contributed by atoms with E-state index in [1.54, 1.807) is 11.3 Å². The maximum Gasteiger partial charge on any atom is 0.107 e. The average molecular weight is 247 g/mol. The van der Waals surface area contributed by atoms with Crippen LogP contribution in [0.3, 0.4) is 0 Å². The van der Waals surface area contributed by atoms with Gasteiger partial charge in [-0.15, -0.1) is 11.3 Å². The molecule has 0 aliphatic heterocycles. The van der Waals surface area contributed by atoms with Gasteiger partial charge in [0.1, 0.15) is 5.01 Å². The van der Waals surface area contributed by atoms with Crippen LogP contribution < -0.4 is 5.73 Å². The molecule has 4 heteroatoms. The number of hydrogen-bond donors (Lipinski definition) is 1. The maximum atomic E-state index is 5.55. The summed E-state index contributed by atoms with van der Waals surface area (Å²) in [6, 6.07) is 10.5. The minimum absolute atomic E-state index is 0.527. The van der Waals surface area contributed by atoms with E-state index in [1.165, 1.54) is 5.56 Å². The molecule has 17 heavy (non-hydrogen) atoms. The first-order valence-corrected chi connectivity index (χ1v) is 6.51. The van der Waals surface area contributed by atoms with Gasteiger partial charge in [0.15, 0.2) is 0 Å². The molecule has 0 aliphatic rings. The average Bonchev–Trinajstić information content (AvgIpc) is 2.78. The minimum Gasteiger partial charge on any atom is -0.325 e. The van der Waals surface area contributed by atoms with Gasteiger partial charge >= 0.3 is 0 Å². The predicted octanol–water partition coefficient (Wildman–Crippen LogP) is 2.23. The Morgan fingerprint density at radius 2 is 2.00 bits per heavy atom. The van der Waals surface area contributed by atoms with Gasteiger partial charge in [0.25, 0.3) is 0 Å². The fourth-order valence-corrected chi connectivity index (χ4v) is 2.58. The summed E-state index contributed by atoms with van der Waals surface area (Å²) in [5, 5.41) is 3.16. The summed E-state index contributed by atoms with van der Waals surface area (Å²) in [4.78, 5) is 6.72. The van der Waals surface area contributed by atoms with Gasteiger partial charge in [-0.25, -0.2) is 4.98 Å². The lowest BCUT2D eigenvalue weighted by Crippen LogP contribution is -2.17. The van der Waals surface area contributed by atoms with Gasteiger partial charge in [-0.3, -0.25) is 4.90 Å². The summed E-state index contributed by atoms with van der Waals surface area (Å²) in [6.45, 7) is 2.34. The van der Waals surface area contributed by atoms with Crippen molar-refractivity contribution in [2.45, 2.75) is 19.6 Å². The normalized spacial score (nSPS) is 11.0. The van der Waals surface area contributed by atoms with Gasteiger partial charge < -0.3 is 5.73 Å². The topological polar surface area (TPSA) is 42.2 Å². The standard InChI is InChI=1S/C13H17N3S/c1-16(8-11-5-3-2-4-6-11)9-13-15-12(7-14)10-17-13/h2-6,10H,7-9,14H2,1H3. The summed E-state index contributed by atoms with van der Waals surface area (Å²) < 4.78 is 0. The fourth-order valence-electron chi connectivity index (χ4n) is 1.70. The number of benzene rings is 1. The van der Waals surface area contributed by atoms with E-state index in [4.69, 9.17) is 5.73 Å². The smallest absolute Gasteiger partial charge is 0.107 e. The van der Waals surface area contributed by atoms with E-state index in [2.05, 4.69) is 41.2 Å². The molecule has 0 radical (unpaired) electrons. The van der Waals surface area contributed by atoms with E-state index in [0.29, 0.717) is 6.54 Å². The summed E-state index contributed by atoms with van der Waals surface area (Å²) >= 11 is 1.68. The summed E-state index contributed by atoms with van der Waals surface area (Å²) in [6.07, 6.45) is 0. The quantitative estimate of drug-likeness (QED) is 0.881. The molecule has 0 bridgehead atoms. The monoisotopic (exact) mass is 247 g/mol. The molecule has 2 N–H and O–H groups in total. The van der Waals surface area contributed by atoms with Crippen molar-refractivity contribution < 1.29 is 0 Å². The van der Waals surface area contributed by atoms with Crippen molar-refractivity contribution in [3.05, 3.63) is 52.0 Å². The highest BCUT2D eigenvalue weighted by atomic mass is 32.1. The van der Waals surface area contributed by atoms with Crippen molar-refractivity contribution in [3.63, 3.8) is 0 Å². The number of nitrogens with zero attached hydrogens (tertiary/aromatic N) is 2. The second kappa shape index (κ2) is 5.91. The third-order valence-corrected chi connectivity index (χ3v) is 3.39. The zero-order valence-electron chi connectivity index (χ0n) is 9.97. The Morgan fingerprint density at radius 1 is 1.24 bits per heavy atom. The van der Waals surface area contributed by atoms with Crippen LogP contribution in [0.15, 0.2) is 35.7 Å². The van der Waals surface area contributed by atoms with Crippen LogP contribution in [0.4, 0.5) is 0 Å². The van der Waals surface area contributed by atoms with Crippen LogP contribution in [0.1, 0.15) is 16.3 Å². The van der Waals surface area contributed by atoms with Gasteiger partial charge in [0.05, 0.1) is 12.2 Å². The van der Waals surface area contributed by atoms with Crippen molar-refractivity contribution in [1.82, 2.24) is 9.88 Å². The van der Waals surface area contributed by atoms with E-state index in [1.807, 2.05) is 11.4 Å². The molecule has 90 valence electrons. The molecule has 0 unspecified atom stereocenters. The molecule has 3 nitrogen and oxygen atoms in total. The lowest BCUT2D eigenvalue weighted by atomic mass is 10.2. The number of thiazole rings is 1. The first-order valence-electron chi connectivity index (χ1n) is 5.63. The predicted molar refractivity (Wildman–Crippen MR) is 71.6 cm³/mol. The Kier molecular flexibility index (Phi) is 4.25. The third kappa shape index (κ3) is 3.63. The number of rotatable bonds is 5. The highest BCUT2D eigenvalue weighted by Gasteiger charge is 2.05. The first-order chi connectivity index (χ1) is 8.28. The van der Waals surface area contributed by atoms with Gasteiger partial charge in [-0.1, -0.05) is 30.3 Å². The van der Waals surface area contributed by atoms with Crippen molar-refractivity contribution in [1.29, 1.82) is 0 Å². The Morgan fingerprint density at radius 3 is 2.65 bits per heavy atom. The molecular weight excluding hydrogens is 230 g/mol. The molecule has 0 aliphatic carbocycles. The van der Waals surface area contributed by atoms with Crippen LogP contribution in [0, 0.1) is 0 Å². The molecule has 1 aromatic heterocycles. The Labute approximate surface area is 106 Å². The summed E-state index contributed by atoms with van der Waals surface area (Å²) in [7, 11) is 2.11. The number of hydrogen-bond acceptors (Lipinski definition) is 4. The first kappa shape index (κ1) is 12.2. The molecule has 0 amide bonds. The zero-order valence-corrected chi connectivity index (χ0v) is 10.8. The van der Waals surface area contributed by atoms with Gasteiger partial charge in [-0.2, -0.15) is 0 Å². The van der Waals surface area contributed by atoms with Crippen LogP contribution >= 0.6 is 11.3 Å². The number of nitrogens with two attached hydrogens (primary N) is 1. The summed E-state index contributed by atoms with van der Waals surface area (Å²) in [5.41, 5.74) is 7.86. The largest absolute Gasteiger partial charge is 0.325 e. The van der Waals surface area contributed by atoms with Gasteiger partial charge in [0.2, 0.25) is 0 Å². The van der Waals surface area contributed by atoms with E-state index in [-0.39, 0.29) is 0 Å². The molecule has 0 atom stereocenters. The summed E-state index contributed by atoms with van der Waals surface area (Å²) in [5.74, 6) is 0. The lowest BCUT2D eigenvalue weighted by Gasteiger charge is -2.14. The van der Waals surface area contributed by atoms with Crippen molar-refractivity contribution in [2.24, 2.45) is 5.73 Å². The van der Waals surface area contributed by atoms with Gasteiger partial charge in [-0.05, 0) is 12.6 Å². The van der Waals surface area contributed by atoms with E-state index in [9.17, 15) is 0 Å². The molecule has 0 saturated heterocycles. The number of aromatic nitrogens is 1. The third-order valence-electron chi connectivity index (χ3n) is 2.51. The second-order valence-corrected chi connectivity index (χ2v) is 5.04. The van der Waals surface area contributed by atoms with Crippen molar-refractivity contribution in [3.8, 4) is 0 Å². The van der Waals surface area contributed by atoms with Crippen LogP contribution in [0.25, 0.3) is 0 Å². The second-order valence-electron chi connectivity index (χ2n) is 4.09. The fraction of sp³-hybridized carbons (Fsp3) is 0.308. The maximum absolute atomic E-state index is 5.55. The SMILES string of the molecule is CN(Cc1ccccc1)Cc1nc(CN)cs1. The van der Waals surface area contributed by atoms with Crippen LogP contribution in [0.5, 0.6) is 0 Å². The Bertz CT molecular complexity index is 453. The van der Waals surface area contributed by atoms with Gasteiger partial charge in [0, 0.05) is 18.5 Å². The molecule has 0 fully saturated rings.